The van der Waals surface area contributed by atoms with Crippen molar-refractivity contribution in [3.63, 3.8) is 0 Å². The minimum absolute atomic E-state index is 0.0549. The van der Waals surface area contributed by atoms with E-state index >= 15 is 0 Å². The van der Waals surface area contributed by atoms with Crippen LogP contribution in [0, 0.1) is 0 Å². The molecule has 2 atom stereocenters. The molecule has 0 aromatic carbocycles. The maximum absolute atomic E-state index is 12.8. The molecule has 0 bridgehead atoms. The first kappa shape index (κ1) is 80.5. The highest BCUT2D eigenvalue weighted by molar-refractivity contribution is 7.47. The highest BCUT2D eigenvalue weighted by Crippen LogP contribution is 2.43. The molecular weight excluding hydrogens is 1050 g/mol. The second-order valence-corrected chi connectivity index (χ2v) is 25.2. The van der Waals surface area contributed by atoms with Crippen LogP contribution in [0.4, 0.5) is 0 Å². The summed E-state index contributed by atoms with van der Waals surface area (Å²) in [5, 5.41) is 0. The molecule has 2 unspecified atom stereocenters. The zero-order valence-electron chi connectivity index (χ0n) is 54.4. The van der Waals surface area contributed by atoms with Crippen LogP contribution < -0.4 is 5.73 Å². The largest absolute Gasteiger partial charge is 0.472 e. The van der Waals surface area contributed by atoms with Crippen LogP contribution in [0.15, 0.2) is 72.9 Å². The minimum atomic E-state index is -4.39. The predicted octanol–water partition coefficient (Wildman–Crippen LogP) is 23.2. The third kappa shape index (κ3) is 68.4. The van der Waals surface area contributed by atoms with Gasteiger partial charge >= 0.3 is 19.8 Å². The Hall–Kier alpha value is -2.55. The Morgan fingerprint density at radius 3 is 0.988 bits per heavy atom. The van der Waals surface area contributed by atoms with E-state index in [0.29, 0.717) is 6.42 Å². The van der Waals surface area contributed by atoms with Gasteiger partial charge in [0, 0.05) is 19.4 Å². The number of rotatable bonds is 67. The summed E-state index contributed by atoms with van der Waals surface area (Å²) in [5.74, 6) is -0.807. The van der Waals surface area contributed by atoms with Gasteiger partial charge in [0.2, 0.25) is 0 Å². The van der Waals surface area contributed by atoms with Crippen molar-refractivity contribution in [1.29, 1.82) is 0 Å². The monoisotopic (exact) mass is 1180 g/mol. The average Bonchev–Trinajstić information content (AvgIpc) is 3.48. The number of ether oxygens (including phenoxy) is 2. The summed E-state index contributed by atoms with van der Waals surface area (Å²) in [7, 11) is -4.39. The number of hydrogen-bond donors (Lipinski definition) is 2. The summed E-state index contributed by atoms with van der Waals surface area (Å²) in [4.78, 5) is 35.3. The lowest BCUT2D eigenvalue weighted by atomic mass is 10.0. The van der Waals surface area contributed by atoms with E-state index in [0.717, 1.165) is 70.6 Å². The molecule has 0 aromatic rings. The van der Waals surface area contributed by atoms with E-state index in [2.05, 4.69) is 86.8 Å². The Morgan fingerprint density at radius 2 is 0.663 bits per heavy atom. The molecule has 0 aliphatic heterocycles. The fourth-order valence-corrected chi connectivity index (χ4v) is 11.2. The normalized spacial score (nSPS) is 13.3. The number of unbranched alkanes of at least 4 members (excludes halogenated alkanes) is 42. The topological polar surface area (TPSA) is 134 Å². The smallest absolute Gasteiger partial charge is 0.462 e. The number of phosphoric ester groups is 1. The molecule has 0 aliphatic carbocycles. The van der Waals surface area contributed by atoms with Gasteiger partial charge in [-0.1, -0.05) is 344 Å². The number of allylic oxidation sites excluding steroid dienone is 12. The van der Waals surface area contributed by atoms with Gasteiger partial charge in [-0.3, -0.25) is 18.6 Å². The van der Waals surface area contributed by atoms with Gasteiger partial charge in [-0.2, -0.15) is 0 Å². The molecule has 10 heteroatoms. The first-order valence-corrected chi connectivity index (χ1v) is 36.9. The molecule has 0 aliphatic rings. The molecule has 0 rings (SSSR count). The highest BCUT2D eigenvalue weighted by Gasteiger charge is 2.26. The van der Waals surface area contributed by atoms with E-state index in [4.69, 9.17) is 24.3 Å². The number of nitrogens with two attached hydrogens (primary N) is 1. The fourth-order valence-electron chi connectivity index (χ4n) is 10.4. The van der Waals surface area contributed by atoms with Gasteiger partial charge in [-0.05, 0) is 64.2 Å². The Morgan fingerprint density at radius 1 is 0.373 bits per heavy atom. The predicted molar refractivity (Wildman–Crippen MR) is 358 cm³/mol. The van der Waals surface area contributed by atoms with Crippen molar-refractivity contribution in [2.75, 3.05) is 26.4 Å². The first-order chi connectivity index (χ1) is 40.8. The second kappa shape index (κ2) is 68.6. The minimum Gasteiger partial charge on any atom is -0.462 e. The highest BCUT2D eigenvalue weighted by atomic mass is 31.2. The molecule has 9 nitrogen and oxygen atoms in total. The third-order valence-corrected chi connectivity index (χ3v) is 16.6. The van der Waals surface area contributed by atoms with E-state index in [1.165, 1.54) is 244 Å². The lowest BCUT2D eigenvalue weighted by Crippen LogP contribution is -2.29. The van der Waals surface area contributed by atoms with E-state index in [-0.39, 0.29) is 38.6 Å². The van der Waals surface area contributed by atoms with Crippen LogP contribution in [0.25, 0.3) is 0 Å². The maximum atomic E-state index is 12.8. The van der Waals surface area contributed by atoms with Crippen LogP contribution in [0.3, 0.4) is 0 Å². The number of carbonyl (C=O) groups is 2. The Kier molecular flexibility index (Phi) is 66.5. The molecule has 0 amide bonds. The summed E-state index contributed by atoms with van der Waals surface area (Å²) in [6.07, 6.45) is 90.0. The van der Waals surface area contributed by atoms with Crippen LogP contribution in [0.5, 0.6) is 0 Å². The summed E-state index contributed by atoms with van der Waals surface area (Å²) in [6, 6.07) is 0. The molecule has 83 heavy (non-hydrogen) atoms. The molecule has 0 aromatic heterocycles. The van der Waals surface area contributed by atoms with Gasteiger partial charge in [0.25, 0.3) is 0 Å². The number of hydrogen-bond acceptors (Lipinski definition) is 8. The zero-order valence-corrected chi connectivity index (χ0v) is 55.3. The summed E-state index contributed by atoms with van der Waals surface area (Å²) < 4.78 is 33.2. The quantitative estimate of drug-likeness (QED) is 0.0264. The summed E-state index contributed by atoms with van der Waals surface area (Å²) in [6.45, 7) is 3.69. The number of carbonyl (C=O) groups excluding carboxylic acids is 2. The average molecular weight is 1180 g/mol. The SMILES string of the molecule is CC/C=C\C/C=C\C/C=C\C/C=C\C/C=C\C/C=C\CCCCCCCCCCCCCCCCCCCCCCC(=O)OC(COC(=O)CCCCCCCCCCCCCCCCCCCCCCCCC)COP(=O)(O)OCCN. The van der Waals surface area contributed by atoms with Gasteiger partial charge in [0.15, 0.2) is 6.10 Å². The fraction of sp³-hybridized carbons (Fsp3) is 0.808. The van der Waals surface area contributed by atoms with Crippen molar-refractivity contribution in [3.8, 4) is 0 Å². The molecule has 0 saturated heterocycles. The standard InChI is InChI=1S/C73H134NO8P/c1-3-5-7-9-11-13-15-17-19-21-23-25-27-28-29-30-31-32-33-34-35-36-37-38-39-40-41-42-44-46-48-50-52-54-56-58-60-62-64-66-73(76)82-71(70-81-83(77,78)80-68-67-74)69-79-72(75)65-63-61-59-57-55-53-51-49-47-45-43-26-24-22-20-18-16-14-12-10-8-6-4-2/h5,7,11,13,17,19,23,25,28-29,31-32,71H,3-4,6,8-10,12,14-16,18,20-22,24,26-27,30,33-70,74H2,1-2H3,(H,77,78)/b7-5-,13-11-,19-17-,25-23-,29-28-,32-31-. The molecular formula is C73H134NO8P. The summed E-state index contributed by atoms with van der Waals surface area (Å²) in [5.41, 5.74) is 5.40. The van der Waals surface area contributed by atoms with Gasteiger partial charge in [-0.25, -0.2) is 4.57 Å². The number of esters is 2. The number of phosphoric acid groups is 1. The van der Waals surface area contributed by atoms with Crippen molar-refractivity contribution in [3.05, 3.63) is 72.9 Å². The summed E-state index contributed by atoms with van der Waals surface area (Å²) >= 11 is 0. The van der Waals surface area contributed by atoms with E-state index in [9.17, 15) is 19.0 Å². The van der Waals surface area contributed by atoms with Crippen molar-refractivity contribution in [1.82, 2.24) is 0 Å². The molecule has 3 N–H and O–H groups in total. The van der Waals surface area contributed by atoms with Crippen molar-refractivity contribution < 1.29 is 37.6 Å². The van der Waals surface area contributed by atoms with Gasteiger partial charge < -0.3 is 20.1 Å². The van der Waals surface area contributed by atoms with Crippen LogP contribution in [-0.4, -0.2) is 49.3 Å². The van der Waals surface area contributed by atoms with E-state index in [1.807, 2.05) is 0 Å². The lowest BCUT2D eigenvalue weighted by molar-refractivity contribution is -0.161. The van der Waals surface area contributed by atoms with Crippen LogP contribution >= 0.6 is 7.82 Å². The molecule has 484 valence electrons. The van der Waals surface area contributed by atoms with Crippen LogP contribution in [-0.2, 0) is 32.7 Å². The van der Waals surface area contributed by atoms with Crippen molar-refractivity contribution >= 4 is 19.8 Å². The molecule has 0 radical (unpaired) electrons. The zero-order chi connectivity index (χ0) is 60.1. The molecule has 0 spiro atoms. The molecule has 0 heterocycles. The van der Waals surface area contributed by atoms with E-state index < -0.39 is 26.5 Å². The Balaban J connectivity index is 3.81. The lowest BCUT2D eigenvalue weighted by Gasteiger charge is -2.19. The van der Waals surface area contributed by atoms with Gasteiger partial charge in [0.1, 0.15) is 6.61 Å². The van der Waals surface area contributed by atoms with Crippen LogP contribution in [0.1, 0.15) is 348 Å². The Bertz CT molecular complexity index is 1590. The van der Waals surface area contributed by atoms with Gasteiger partial charge in [0.05, 0.1) is 13.2 Å². The van der Waals surface area contributed by atoms with E-state index in [1.54, 1.807) is 0 Å². The first-order valence-electron chi connectivity index (χ1n) is 35.4. The molecule has 0 fully saturated rings. The van der Waals surface area contributed by atoms with Crippen molar-refractivity contribution in [2.24, 2.45) is 5.73 Å². The van der Waals surface area contributed by atoms with Crippen LogP contribution in [0.2, 0.25) is 0 Å². The molecule has 0 saturated carbocycles. The second-order valence-electron chi connectivity index (χ2n) is 23.7. The maximum Gasteiger partial charge on any atom is 0.472 e. The Labute approximate surface area is 513 Å². The third-order valence-electron chi connectivity index (χ3n) is 15.6. The van der Waals surface area contributed by atoms with Gasteiger partial charge in [-0.15, -0.1) is 0 Å². The van der Waals surface area contributed by atoms with Crippen molar-refractivity contribution in [2.45, 2.75) is 354 Å².